The minimum absolute atomic E-state index is 0.138. The number of nitrogens with two attached hydrogens (primary N) is 1. The molecule has 0 saturated carbocycles. The number of benzene rings is 2. The standard InChI is InChI=1S/C16H17BrN2O/c1-9-6-11(3)15(13(17)7-9)19-16(20)12-4-5-14(18)10(2)8-12/h4-8H,18H2,1-3H3,(H,19,20). The summed E-state index contributed by atoms with van der Waals surface area (Å²) in [5.74, 6) is -0.138. The zero-order chi connectivity index (χ0) is 14.9. The minimum atomic E-state index is -0.138. The van der Waals surface area contributed by atoms with Crippen LogP contribution in [0.25, 0.3) is 0 Å². The second-order valence-electron chi connectivity index (χ2n) is 4.96. The third kappa shape index (κ3) is 3.02. The van der Waals surface area contributed by atoms with Crippen molar-refractivity contribution in [2.45, 2.75) is 20.8 Å². The van der Waals surface area contributed by atoms with Gasteiger partial charge in [0.25, 0.3) is 5.91 Å². The van der Waals surface area contributed by atoms with E-state index in [0.717, 1.165) is 26.9 Å². The number of anilines is 2. The van der Waals surface area contributed by atoms with Crippen LogP contribution in [-0.4, -0.2) is 5.91 Å². The fourth-order valence-corrected chi connectivity index (χ4v) is 2.85. The lowest BCUT2D eigenvalue weighted by molar-refractivity contribution is 0.102. The summed E-state index contributed by atoms with van der Waals surface area (Å²) in [6, 6.07) is 9.30. The van der Waals surface area contributed by atoms with E-state index >= 15 is 0 Å². The molecule has 3 nitrogen and oxygen atoms in total. The lowest BCUT2D eigenvalue weighted by Crippen LogP contribution is -2.13. The van der Waals surface area contributed by atoms with Crippen molar-refractivity contribution >= 4 is 33.2 Å². The van der Waals surface area contributed by atoms with Gasteiger partial charge in [0.05, 0.1) is 5.69 Å². The topological polar surface area (TPSA) is 55.1 Å². The summed E-state index contributed by atoms with van der Waals surface area (Å²) in [4.78, 5) is 12.3. The summed E-state index contributed by atoms with van der Waals surface area (Å²) in [5.41, 5.74) is 10.9. The monoisotopic (exact) mass is 332 g/mol. The fraction of sp³-hybridized carbons (Fsp3) is 0.188. The molecule has 1 amide bonds. The first-order valence-corrected chi connectivity index (χ1v) is 7.12. The van der Waals surface area contributed by atoms with Crippen LogP contribution in [0.5, 0.6) is 0 Å². The number of hydrogen-bond acceptors (Lipinski definition) is 2. The van der Waals surface area contributed by atoms with Crippen LogP contribution in [-0.2, 0) is 0 Å². The fourth-order valence-electron chi connectivity index (χ4n) is 2.08. The summed E-state index contributed by atoms with van der Waals surface area (Å²) in [6.45, 7) is 5.88. The van der Waals surface area contributed by atoms with E-state index in [1.54, 1.807) is 18.2 Å². The molecule has 0 fully saturated rings. The van der Waals surface area contributed by atoms with E-state index < -0.39 is 0 Å². The van der Waals surface area contributed by atoms with Crippen molar-refractivity contribution in [2.24, 2.45) is 0 Å². The van der Waals surface area contributed by atoms with Crippen molar-refractivity contribution in [2.75, 3.05) is 11.1 Å². The lowest BCUT2D eigenvalue weighted by atomic mass is 10.1. The van der Waals surface area contributed by atoms with Crippen LogP contribution in [0.15, 0.2) is 34.8 Å². The number of amides is 1. The summed E-state index contributed by atoms with van der Waals surface area (Å²) < 4.78 is 0.885. The molecule has 0 bridgehead atoms. The maximum Gasteiger partial charge on any atom is 0.255 e. The number of carbonyl (C=O) groups excluding carboxylic acids is 1. The first-order chi connectivity index (χ1) is 9.38. The summed E-state index contributed by atoms with van der Waals surface area (Å²) in [5, 5.41) is 2.94. The smallest absolute Gasteiger partial charge is 0.255 e. The van der Waals surface area contributed by atoms with Gasteiger partial charge >= 0.3 is 0 Å². The predicted octanol–water partition coefficient (Wildman–Crippen LogP) is 4.21. The van der Waals surface area contributed by atoms with E-state index in [1.807, 2.05) is 32.9 Å². The van der Waals surface area contributed by atoms with Crippen molar-refractivity contribution in [3.05, 3.63) is 57.1 Å². The van der Waals surface area contributed by atoms with Crippen LogP contribution in [0.2, 0.25) is 0 Å². The highest BCUT2D eigenvalue weighted by Crippen LogP contribution is 2.28. The number of nitrogens with one attached hydrogen (secondary N) is 1. The molecular formula is C16H17BrN2O. The highest BCUT2D eigenvalue weighted by atomic mass is 79.9. The molecule has 4 heteroatoms. The Kier molecular flexibility index (Phi) is 4.14. The molecule has 0 aliphatic carbocycles. The number of hydrogen-bond donors (Lipinski definition) is 2. The molecule has 0 unspecified atom stereocenters. The molecule has 3 N–H and O–H groups in total. The van der Waals surface area contributed by atoms with Crippen molar-refractivity contribution in [1.82, 2.24) is 0 Å². The molecule has 104 valence electrons. The van der Waals surface area contributed by atoms with Crippen molar-refractivity contribution in [3.63, 3.8) is 0 Å². The summed E-state index contributed by atoms with van der Waals surface area (Å²) in [7, 11) is 0. The number of halogens is 1. The molecule has 0 radical (unpaired) electrons. The molecule has 2 aromatic rings. The van der Waals surface area contributed by atoms with Gasteiger partial charge in [-0.3, -0.25) is 4.79 Å². The Labute approximate surface area is 127 Å². The molecule has 0 saturated heterocycles. The zero-order valence-electron chi connectivity index (χ0n) is 11.8. The second kappa shape index (κ2) is 5.67. The molecule has 0 heterocycles. The van der Waals surface area contributed by atoms with Crippen molar-refractivity contribution in [1.29, 1.82) is 0 Å². The van der Waals surface area contributed by atoms with E-state index in [-0.39, 0.29) is 5.91 Å². The Morgan fingerprint density at radius 1 is 1.10 bits per heavy atom. The van der Waals surface area contributed by atoms with Gasteiger partial charge in [0, 0.05) is 15.7 Å². The van der Waals surface area contributed by atoms with Crippen LogP contribution < -0.4 is 11.1 Å². The van der Waals surface area contributed by atoms with Gasteiger partial charge in [-0.15, -0.1) is 0 Å². The van der Waals surface area contributed by atoms with Crippen LogP contribution >= 0.6 is 15.9 Å². The highest BCUT2D eigenvalue weighted by molar-refractivity contribution is 9.10. The Hall–Kier alpha value is -1.81. The van der Waals surface area contributed by atoms with Gasteiger partial charge in [0.1, 0.15) is 0 Å². The average Bonchev–Trinajstić information content (AvgIpc) is 2.36. The minimum Gasteiger partial charge on any atom is -0.399 e. The first kappa shape index (κ1) is 14.6. The highest BCUT2D eigenvalue weighted by Gasteiger charge is 2.11. The quantitative estimate of drug-likeness (QED) is 0.809. The predicted molar refractivity (Wildman–Crippen MR) is 87.2 cm³/mol. The Morgan fingerprint density at radius 2 is 1.80 bits per heavy atom. The van der Waals surface area contributed by atoms with Crippen LogP contribution in [0.1, 0.15) is 27.0 Å². The van der Waals surface area contributed by atoms with Crippen molar-refractivity contribution in [3.8, 4) is 0 Å². The third-order valence-electron chi connectivity index (χ3n) is 3.20. The Bertz CT molecular complexity index is 657. The van der Waals surface area contributed by atoms with Crippen LogP contribution in [0, 0.1) is 20.8 Å². The van der Waals surface area contributed by atoms with Gasteiger partial charge in [-0.25, -0.2) is 0 Å². The SMILES string of the molecule is Cc1cc(C)c(NC(=O)c2ccc(N)c(C)c2)c(Br)c1. The van der Waals surface area contributed by atoms with Gasteiger partial charge in [0.15, 0.2) is 0 Å². The second-order valence-corrected chi connectivity index (χ2v) is 5.82. The molecule has 2 aromatic carbocycles. The van der Waals surface area contributed by atoms with Gasteiger partial charge in [-0.05, 0) is 77.7 Å². The van der Waals surface area contributed by atoms with Crippen molar-refractivity contribution < 1.29 is 4.79 Å². The molecule has 0 aromatic heterocycles. The molecule has 20 heavy (non-hydrogen) atoms. The molecule has 0 aliphatic heterocycles. The molecule has 0 spiro atoms. The third-order valence-corrected chi connectivity index (χ3v) is 3.83. The van der Waals surface area contributed by atoms with Gasteiger partial charge in [0.2, 0.25) is 0 Å². The normalized spacial score (nSPS) is 10.4. The zero-order valence-corrected chi connectivity index (χ0v) is 13.3. The van der Waals surface area contributed by atoms with Gasteiger partial charge in [-0.1, -0.05) is 6.07 Å². The van der Waals surface area contributed by atoms with E-state index in [1.165, 1.54) is 0 Å². The lowest BCUT2D eigenvalue weighted by Gasteiger charge is -2.12. The van der Waals surface area contributed by atoms with E-state index in [2.05, 4.69) is 21.2 Å². The van der Waals surface area contributed by atoms with Gasteiger partial charge < -0.3 is 11.1 Å². The molecule has 2 rings (SSSR count). The van der Waals surface area contributed by atoms with Crippen LogP contribution in [0.4, 0.5) is 11.4 Å². The number of rotatable bonds is 2. The molecule has 0 aliphatic rings. The largest absolute Gasteiger partial charge is 0.399 e. The number of aryl methyl sites for hydroxylation is 3. The Balaban J connectivity index is 2.30. The molecular weight excluding hydrogens is 316 g/mol. The first-order valence-electron chi connectivity index (χ1n) is 6.32. The summed E-state index contributed by atoms with van der Waals surface area (Å²) in [6.07, 6.45) is 0. The van der Waals surface area contributed by atoms with Crippen LogP contribution in [0.3, 0.4) is 0 Å². The summed E-state index contributed by atoms with van der Waals surface area (Å²) >= 11 is 3.49. The van der Waals surface area contributed by atoms with Gasteiger partial charge in [-0.2, -0.15) is 0 Å². The van der Waals surface area contributed by atoms with E-state index in [9.17, 15) is 4.79 Å². The van der Waals surface area contributed by atoms with E-state index in [0.29, 0.717) is 11.3 Å². The maximum absolute atomic E-state index is 12.3. The Morgan fingerprint density at radius 3 is 2.40 bits per heavy atom. The maximum atomic E-state index is 12.3. The van der Waals surface area contributed by atoms with E-state index in [4.69, 9.17) is 5.73 Å². The molecule has 0 atom stereocenters. The average molecular weight is 333 g/mol. The number of carbonyl (C=O) groups is 1. The number of nitrogen functional groups attached to an aromatic ring is 1.